The molecule has 3 aromatic carbocycles. The molecule has 2 N–H and O–H groups in total. The fourth-order valence-corrected chi connectivity index (χ4v) is 2.83. The van der Waals surface area contributed by atoms with Gasteiger partial charge in [0.1, 0.15) is 17.2 Å². The number of methoxy groups -OCH3 is 1. The zero-order valence-corrected chi connectivity index (χ0v) is 16.8. The van der Waals surface area contributed by atoms with Gasteiger partial charge in [0.25, 0.3) is 5.91 Å². The lowest BCUT2D eigenvalue weighted by Crippen LogP contribution is -2.44. The maximum absolute atomic E-state index is 12.0. The molecule has 0 heterocycles. The van der Waals surface area contributed by atoms with Crippen LogP contribution in [0.25, 0.3) is 10.8 Å². The predicted octanol–water partition coefficient (Wildman–Crippen LogP) is 3.56. The lowest BCUT2D eigenvalue weighted by atomic mass is 10.1. The number of carbonyl (C=O) groups is 2. The number of hydrazine groups is 1. The van der Waals surface area contributed by atoms with Crippen molar-refractivity contribution in [1.82, 2.24) is 10.9 Å². The predicted molar refractivity (Wildman–Crippen MR) is 116 cm³/mol. The van der Waals surface area contributed by atoms with Crippen molar-refractivity contribution in [2.75, 3.05) is 13.7 Å². The molecule has 3 rings (SSSR count). The Hall–Kier alpha value is -3.87. The number of hydrogen-bond acceptors (Lipinski definition) is 5. The molecule has 0 saturated carbocycles. The van der Waals surface area contributed by atoms with E-state index in [1.54, 1.807) is 32.2 Å². The van der Waals surface area contributed by atoms with Crippen LogP contribution in [0, 0.1) is 0 Å². The minimum Gasteiger partial charge on any atom is -0.494 e. The number of rotatable bonds is 7. The molecule has 0 bridgehead atoms. The molecular weight excluding hydrogens is 382 g/mol. The largest absolute Gasteiger partial charge is 0.494 e. The molecule has 0 radical (unpaired) electrons. The van der Waals surface area contributed by atoms with Crippen molar-refractivity contribution in [2.45, 2.75) is 13.3 Å². The van der Waals surface area contributed by atoms with E-state index < -0.39 is 5.91 Å². The Labute approximate surface area is 174 Å². The number of nitrogens with zero attached hydrogens (tertiary/aromatic N) is 1. The lowest BCUT2D eigenvalue weighted by Gasteiger charge is -2.10. The highest BCUT2D eigenvalue weighted by Crippen LogP contribution is 2.26. The number of benzene rings is 3. The number of amides is 2. The topological polar surface area (TPSA) is 89.0 Å². The smallest absolute Gasteiger partial charge is 0.276 e. The van der Waals surface area contributed by atoms with Gasteiger partial charge in [-0.2, -0.15) is 0 Å². The van der Waals surface area contributed by atoms with Crippen molar-refractivity contribution in [3.8, 4) is 11.5 Å². The first-order chi connectivity index (χ1) is 14.5. The lowest BCUT2D eigenvalue weighted by molar-refractivity contribution is -0.129. The Morgan fingerprint density at radius 1 is 0.900 bits per heavy atom. The average Bonchev–Trinajstić information content (AvgIpc) is 2.76. The number of para-hydroxylation sites is 2. The number of hydrogen-bond donors (Lipinski definition) is 2. The number of ether oxygens (including phenoxy) is 2. The van der Waals surface area contributed by atoms with E-state index in [1.165, 1.54) is 0 Å². The molecule has 0 saturated heterocycles. The van der Waals surface area contributed by atoms with E-state index in [0.29, 0.717) is 22.9 Å². The van der Waals surface area contributed by atoms with Crippen molar-refractivity contribution in [2.24, 2.45) is 4.99 Å². The summed E-state index contributed by atoms with van der Waals surface area (Å²) >= 11 is 0. The van der Waals surface area contributed by atoms with Crippen LogP contribution in [0.4, 0.5) is 5.69 Å². The zero-order valence-electron chi connectivity index (χ0n) is 16.8. The quantitative estimate of drug-likeness (QED) is 0.465. The van der Waals surface area contributed by atoms with Crippen LogP contribution in [0.3, 0.4) is 0 Å². The highest BCUT2D eigenvalue weighted by molar-refractivity contribution is 6.01. The third-order valence-electron chi connectivity index (χ3n) is 4.25. The Balaban J connectivity index is 1.45. The summed E-state index contributed by atoms with van der Waals surface area (Å²) in [7, 11) is 1.56. The van der Waals surface area contributed by atoms with Gasteiger partial charge in [0, 0.05) is 5.71 Å². The van der Waals surface area contributed by atoms with Crippen molar-refractivity contribution >= 4 is 34.0 Å². The van der Waals surface area contributed by atoms with Crippen molar-refractivity contribution in [3.63, 3.8) is 0 Å². The molecule has 154 valence electrons. The summed E-state index contributed by atoms with van der Waals surface area (Å²) in [4.78, 5) is 28.4. The third kappa shape index (κ3) is 5.81. The van der Waals surface area contributed by atoms with Gasteiger partial charge >= 0.3 is 0 Å². The summed E-state index contributed by atoms with van der Waals surface area (Å²) in [6.45, 7) is 1.52. The average molecular weight is 405 g/mol. The number of carbonyl (C=O) groups excluding carboxylic acids is 2. The highest BCUT2D eigenvalue weighted by atomic mass is 16.5. The molecule has 0 aliphatic carbocycles. The van der Waals surface area contributed by atoms with Gasteiger partial charge in [0.05, 0.1) is 13.5 Å². The Morgan fingerprint density at radius 3 is 2.40 bits per heavy atom. The first-order valence-electron chi connectivity index (χ1n) is 9.41. The van der Waals surface area contributed by atoms with E-state index in [4.69, 9.17) is 9.47 Å². The first-order valence-corrected chi connectivity index (χ1v) is 9.41. The van der Waals surface area contributed by atoms with Gasteiger partial charge in [0.2, 0.25) is 5.91 Å². The summed E-state index contributed by atoms with van der Waals surface area (Å²) in [5.74, 6) is 0.354. The zero-order chi connectivity index (χ0) is 21.3. The molecule has 0 aliphatic heterocycles. The van der Waals surface area contributed by atoms with Crippen LogP contribution in [0.2, 0.25) is 0 Å². The van der Waals surface area contributed by atoms with Gasteiger partial charge in [-0.15, -0.1) is 0 Å². The van der Waals surface area contributed by atoms with Crippen LogP contribution in [0.1, 0.15) is 13.3 Å². The van der Waals surface area contributed by atoms with Crippen molar-refractivity contribution in [1.29, 1.82) is 0 Å². The van der Waals surface area contributed by atoms with Gasteiger partial charge in [-0.05, 0) is 42.0 Å². The van der Waals surface area contributed by atoms with E-state index in [0.717, 1.165) is 10.8 Å². The van der Waals surface area contributed by atoms with E-state index in [9.17, 15) is 9.59 Å². The Morgan fingerprint density at radius 2 is 1.60 bits per heavy atom. The van der Waals surface area contributed by atoms with E-state index in [1.807, 2.05) is 48.5 Å². The Kier molecular flexibility index (Phi) is 7.00. The van der Waals surface area contributed by atoms with Crippen molar-refractivity contribution < 1.29 is 19.1 Å². The molecule has 7 heteroatoms. The standard InChI is InChI=1S/C23H23N3O4/c1-16(24-20-9-5-6-10-21(20)29-2)13-22(27)25-26-23(28)15-30-19-12-11-17-7-3-4-8-18(17)14-19/h3-12,14H,13,15H2,1-2H3,(H,25,27)(H,26,28). The second-order valence-electron chi connectivity index (χ2n) is 6.59. The fourth-order valence-electron chi connectivity index (χ4n) is 2.83. The number of aliphatic imine (C=N–C) groups is 1. The molecule has 0 aliphatic rings. The Bertz CT molecular complexity index is 1080. The fraction of sp³-hybridized carbons (Fsp3) is 0.174. The molecular formula is C23H23N3O4. The molecule has 2 amide bonds. The molecule has 3 aromatic rings. The first kappa shape index (κ1) is 20.9. The van der Waals surface area contributed by atoms with Crippen LogP contribution >= 0.6 is 0 Å². The molecule has 7 nitrogen and oxygen atoms in total. The monoisotopic (exact) mass is 405 g/mol. The molecule has 0 atom stereocenters. The second kappa shape index (κ2) is 10.1. The van der Waals surface area contributed by atoms with Gasteiger partial charge < -0.3 is 9.47 Å². The number of nitrogens with one attached hydrogen (secondary N) is 2. The summed E-state index contributed by atoms with van der Waals surface area (Å²) in [5, 5.41) is 2.11. The van der Waals surface area contributed by atoms with Crippen LogP contribution in [0.5, 0.6) is 11.5 Å². The van der Waals surface area contributed by atoms with E-state index in [-0.39, 0.29) is 18.9 Å². The normalized spacial score (nSPS) is 11.1. The number of fused-ring (bicyclic) bond motifs is 1. The maximum atomic E-state index is 12.0. The van der Waals surface area contributed by atoms with E-state index >= 15 is 0 Å². The summed E-state index contributed by atoms with van der Waals surface area (Å²) in [5.41, 5.74) is 5.92. The molecule has 0 spiro atoms. The van der Waals surface area contributed by atoms with Gasteiger partial charge in [-0.1, -0.05) is 42.5 Å². The van der Waals surface area contributed by atoms with E-state index in [2.05, 4.69) is 15.8 Å². The maximum Gasteiger partial charge on any atom is 0.276 e. The summed E-state index contributed by atoms with van der Waals surface area (Å²) in [6, 6.07) is 20.7. The third-order valence-corrected chi connectivity index (χ3v) is 4.25. The van der Waals surface area contributed by atoms with Crippen LogP contribution in [-0.2, 0) is 9.59 Å². The van der Waals surface area contributed by atoms with Crippen LogP contribution < -0.4 is 20.3 Å². The minimum atomic E-state index is -0.462. The molecule has 30 heavy (non-hydrogen) atoms. The minimum absolute atomic E-state index is 0.0316. The summed E-state index contributed by atoms with van der Waals surface area (Å²) in [6.07, 6.45) is 0.0316. The highest BCUT2D eigenvalue weighted by Gasteiger charge is 2.08. The second-order valence-corrected chi connectivity index (χ2v) is 6.59. The SMILES string of the molecule is COc1ccccc1N=C(C)CC(=O)NNC(=O)COc1ccc2ccccc2c1. The van der Waals surface area contributed by atoms with Crippen LogP contribution in [0.15, 0.2) is 71.7 Å². The molecule has 0 aromatic heterocycles. The van der Waals surface area contributed by atoms with Gasteiger partial charge in [-0.25, -0.2) is 0 Å². The molecule has 0 unspecified atom stereocenters. The van der Waals surface area contributed by atoms with Gasteiger partial charge in [0.15, 0.2) is 6.61 Å². The van der Waals surface area contributed by atoms with Gasteiger partial charge in [-0.3, -0.25) is 25.4 Å². The van der Waals surface area contributed by atoms with Crippen molar-refractivity contribution in [3.05, 3.63) is 66.7 Å². The summed E-state index contributed by atoms with van der Waals surface area (Å²) < 4.78 is 10.7. The van der Waals surface area contributed by atoms with Crippen LogP contribution in [-0.4, -0.2) is 31.2 Å². The molecule has 0 fully saturated rings.